The Bertz CT molecular complexity index is 860. The molecule has 5 nitrogen and oxygen atoms in total. The van der Waals surface area contributed by atoms with Crippen molar-refractivity contribution in [2.24, 2.45) is 5.92 Å². The number of carbonyl (C=O) groups is 1. The maximum Gasteiger partial charge on any atom is 0.248 e. The predicted molar refractivity (Wildman–Crippen MR) is 119 cm³/mol. The lowest BCUT2D eigenvalue weighted by Gasteiger charge is -2.28. The number of rotatable bonds is 10. The number of likely N-dealkylation sites (tertiary alicyclic amines) is 1. The number of ether oxygens (including phenoxy) is 2. The van der Waals surface area contributed by atoms with Crippen LogP contribution in [0.15, 0.2) is 48.5 Å². The zero-order valence-electron chi connectivity index (χ0n) is 18.7. The van der Waals surface area contributed by atoms with Crippen LogP contribution in [0.4, 0.5) is 4.39 Å². The second-order valence-electron chi connectivity index (χ2n) is 8.37. The molecule has 1 saturated heterocycles. The van der Waals surface area contributed by atoms with Crippen LogP contribution in [0.2, 0.25) is 0 Å². The molecule has 0 bridgehead atoms. The Hall–Kier alpha value is -2.28. The van der Waals surface area contributed by atoms with Crippen molar-refractivity contribution in [2.45, 2.75) is 19.4 Å². The average Bonchev–Trinajstić information content (AvgIpc) is 3.13. The summed E-state index contributed by atoms with van der Waals surface area (Å²) in [5.74, 6) is 0.0833. The number of amides is 1. The van der Waals surface area contributed by atoms with E-state index in [1.165, 1.54) is 24.3 Å². The molecule has 1 aliphatic heterocycles. The van der Waals surface area contributed by atoms with Crippen molar-refractivity contribution in [3.63, 3.8) is 0 Å². The molecule has 1 fully saturated rings. The number of methoxy groups -OCH3 is 2. The molecule has 31 heavy (non-hydrogen) atoms. The zero-order chi connectivity index (χ0) is 22.2. The van der Waals surface area contributed by atoms with Crippen LogP contribution >= 0.6 is 0 Å². The lowest BCUT2D eigenvalue weighted by Crippen LogP contribution is -2.41. The lowest BCUT2D eigenvalue weighted by atomic mass is 9.88. The summed E-state index contributed by atoms with van der Waals surface area (Å²) in [6, 6.07) is 15.4. The van der Waals surface area contributed by atoms with Gasteiger partial charge in [0, 0.05) is 52.9 Å². The molecule has 0 radical (unpaired) electrons. The standard InChI is InChI=1S/C25H33FN2O3/c1-19-6-4-7-20(12-19)14-27-15-22(16-28(10-11-30-2)25(29)18-31-3)24(17-27)21-8-5-9-23(26)13-21/h4-9,12-13,22,24H,10-11,14-18H2,1-3H3. The number of hydrogen-bond acceptors (Lipinski definition) is 4. The third-order valence-electron chi connectivity index (χ3n) is 5.92. The Morgan fingerprint density at radius 2 is 1.94 bits per heavy atom. The Labute approximate surface area is 184 Å². The van der Waals surface area contributed by atoms with E-state index in [-0.39, 0.29) is 30.2 Å². The third-order valence-corrected chi connectivity index (χ3v) is 5.92. The predicted octanol–water partition coefficient (Wildman–Crippen LogP) is 3.47. The summed E-state index contributed by atoms with van der Waals surface area (Å²) in [6.07, 6.45) is 0. The molecule has 2 aromatic rings. The minimum absolute atomic E-state index is 0.0466. The Morgan fingerprint density at radius 1 is 1.13 bits per heavy atom. The third kappa shape index (κ3) is 6.60. The van der Waals surface area contributed by atoms with Gasteiger partial charge in [-0.3, -0.25) is 9.69 Å². The van der Waals surface area contributed by atoms with Gasteiger partial charge in [-0.25, -0.2) is 4.39 Å². The SMILES string of the molecule is COCCN(CC1CN(Cc2cccc(C)c2)CC1c1cccc(F)c1)C(=O)COC. The van der Waals surface area contributed by atoms with Crippen LogP contribution in [0, 0.1) is 18.7 Å². The topological polar surface area (TPSA) is 42.0 Å². The molecule has 168 valence electrons. The number of benzene rings is 2. The number of halogens is 1. The first-order chi connectivity index (χ1) is 15.0. The van der Waals surface area contributed by atoms with Gasteiger partial charge in [0.05, 0.1) is 6.61 Å². The van der Waals surface area contributed by atoms with Crippen molar-refractivity contribution in [1.82, 2.24) is 9.80 Å². The minimum atomic E-state index is -0.222. The van der Waals surface area contributed by atoms with E-state index in [2.05, 4.69) is 36.1 Å². The first-order valence-corrected chi connectivity index (χ1v) is 10.8. The monoisotopic (exact) mass is 428 g/mol. The number of hydrogen-bond donors (Lipinski definition) is 0. The van der Waals surface area contributed by atoms with Gasteiger partial charge in [-0.05, 0) is 36.1 Å². The maximum atomic E-state index is 14.0. The summed E-state index contributed by atoms with van der Waals surface area (Å²) in [5, 5.41) is 0. The fraction of sp³-hybridized carbons (Fsp3) is 0.480. The highest BCUT2D eigenvalue weighted by Crippen LogP contribution is 2.34. The first-order valence-electron chi connectivity index (χ1n) is 10.8. The fourth-order valence-corrected chi connectivity index (χ4v) is 4.48. The van der Waals surface area contributed by atoms with Crippen molar-refractivity contribution in [2.75, 3.05) is 53.6 Å². The fourth-order valence-electron chi connectivity index (χ4n) is 4.48. The Balaban J connectivity index is 1.80. The molecular formula is C25H33FN2O3. The van der Waals surface area contributed by atoms with Gasteiger partial charge in [-0.2, -0.15) is 0 Å². The van der Waals surface area contributed by atoms with Gasteiger partial charge < -0.3 is 14.4 Å². The van der Waals surface area contributed by atoms with Gasteiger partial charge in [-0.15, -0.1) is 0 Å². The van der Waals surface area contributed by atoms with Crippen molar-refractivity contribution < 1.29 is 18.7 Å². The number of carbonyl (C=O) groups excluding carboxylic acids is 1. The highest BCUT2D eigenvalue weighted by molar-refractivity contribution is 5.77. The molecule has 1 aliphatic rings. The molecule has 2 unspecified atom stereocenters. The molecular weight excluding hydrogens is 395 g/mol. The van der Waals surface area contributed by atoms with Crippen LogP contribution in [0.3, 0.4) is 0 Å². The van der Waals surface area contributed by atoms with Gasteiger partial charge in [0.2, 0.25) is 5.91 Å². The smallest absolute Gasteiger partial charge is 0.248 e. The van der Waals surface area contributed by atoms with E-state index in [1.807, 2.05) is 11.0 Å². The summed E-state index contributed by atoms with van der Waals surface area (Å²) in [6.45, 7) is 6.25. The Kier molecular flexibility index (Phi) is 8.58. The molecule has 0 saturated carbocycles. The van der Waals surface area contributed by atoms with E-state index in [1.54, 1.807) is 19.2 Å². The van der Waals surface area contributed by atoms with E-state index in [0.29, 0.717) is 19.7 Å². The van der Waals surface area contributed by atoms with Crippen LogP contribution in [-0.2, 0) is 20.8 Å². The Morgan fingerprint density at radius 3 is 2.65 bits per heavy atom. The van der Waals surface area contributed by atoms with E-state index >= 15 is 0 Å². The molecule has 0 N–H and O–H groups in total. The highest BCUT2D eigenvalue weighted by atomic mass is 19.1. The van der Waals surface area contributed by atoms with Gasteiger partial charge in [0.25, 0.3) is 0 Å². The van der Waals surface area contributed by atoms with Gasteiger partial charge in [0.1, 0.15) is 12.4 Å². The maximum absolute atomic E-state index is 14.0. The quantitative estimate of drug-likeness (QED) is 0.581. The van der Waals surface area contributed by atoms with Crippen molar-refractivity contribution in [3.8, 4) is 0 Å². The molecule has 1 heterocycles. The van der Waals surface area contributed by atoms with Gasteiger partial charge in [0.15, 0.2) is 0 Å². The first kappa shape index (κ1) is 23.4. The van der Waals surface area contributed by atoms with E-state index < -0.39 is 0 Å². The van der Waals surface area contributed by atoms with E-state index in [9.17, 15) is 9.18 Å². The molecule has 6 heteroatoms. The van der Waals surface area contributed by atoms with Crippen LogP contribution in [0.5, 0.6) is 0 Å². The highest BCUT2D eigenvalue weighted by Gasteiger charge is 2.35. The van der Waals surface area contributed by atoms with Crippen LogP contribution in [0.1, 0.15) is 22.6 Å². The number of aryl methyl sites for hydroxylation is 1. The van der Waals surface area contributed by atoms with Crippen LogP contribution in [-0.4, -0.2) is 69.3 Å². The molecule has 0 aromatic heterocycles. The van der Waals surface area contributed by atoms with E-state index in [4.69, 9.17) is 9.47 Å². The molecule has 3 rings (SSSR count). The van der Waals surface area contributed by atoms with Gasteiger partial charge in [-0.1, -0.05) is 42.0 Å². The largest absolute Gasteiger partial charge is 0.383 e. The summed E-state index contributed by atoms with van der Waals surface area (Å²) >= 11 is 0. The van der Waals surface area contributed by atoms with Crippen LogP contribution in [0.25, 0.3) is 0 Å². The van der Waals surface area contributed by atoms with Crippen molar-refractivity contribution in [3.05, 3.63) is 71.0 Å². The second-order valence-corrected chi connectivity index (χ2v) is 8.37. The van der Waals surface area contributed by atoms with E-state index in [0.717, 1.165) is 25.2 Å². The average molecular weight is 429 g/mol. The van der Waals surface area contributed by atoms with Crippen LogP contribution < -0.4 is 0 Å². The normalized spacial score (nSPS) is 19.0. The summed E-state index contributed by atoms with van der Waals surface area (Å²) < 4.78 is 24.3. The second kappa shape index (κ2) is 11.4. The molecule has 2 aromatic carbocycles. The molecule has 0 aliphatic carbocycles. The summed E-state index contributed by atoms with van der Waals surface area (Å²) in [7, 11) is 3.16. The number of nitrogens with zero attached hydrogens (tertiary/aromatic N) is 2. The lowest BCUT2D eigenvalue weighted by molar-refractivity contribution is -0.136. The molecule has 0 spiro atoms. The zero-order valence-corrected chi connectivity index (χ0v) is 18.7. The molecule has 1 amide bonds. The molecule has 2 atom stereocenters. The van der Waals surface area contributed by atoms with Crippen molar-refractivity contribution >= 4 is 5.91 Å². The summed E-state index contributed by atoms with van der Waals surface area (Å²) in [5.41, 5.74) is 3.50. The van der Waals surface area contributed by atoms with Crippen molar-refractivity contribution in [1.29, 1.82) is 0 Å². The van der Waals surface area contributed by atoms with Gasteiger partial charge >= 0.3 is 0 Å². The minimum Gasteiger partial charge on any atom is -0.383 e. The summed E-state index contributed by atoms with van der Waals surface area (Å²) in [4.78, 5) is 16.8.